The van der Waals surface area contributed by atoms with Crippen LogP contribution in [0.15, 0.2) is 39.6 Å². The highest BCUT2D eigenvalue weighted by Gasteiger charge is 2.49. The lowest BCUT2D eigenvalue weighted by atomic mass is 9.93. The van der Waals surface area contributed by atoms with Gasteiger partial charge in [0.05, 0.1) is 16.0 Å². The summed E-state index contributed by atoms with van der Waals surface area (Å²) in [5, 5.41) is -0.577. The number of nitrogens with one attached hydrogen (secondary N) is 1. The monoisotopic (exact) mass is 501 g/mol. The van der Waals surface area contributed by atoms with Gasteiger partial charge in [0.15, 0.2) is 0 Å². The lowest BCUT2D eigenvalue weighted by Gasteiger charge is -2.34. The lowest BCUT2D eigenvalue weighted by Crippen LogP contribution is -2.45. The minimum absolute atomic E-state index is 0.147. The van der Waals surface area contributed by atoms with E-state index in [0.717, 1.165) is 18.2 Å². The minimum atomic E-state index is -4.92. The van der Waals surface area contributed by atoms with Crippen LogP contribution in [0.4, 0.5) is 30.7 Å². The Morgan fingerprint density at radius 3 is 2.21 bits per heavy atom. The Morgan fingerprint density at radius 2 is 1.67 bits per heavy atom. The second-order valence-corrected chi connectivity index (χ2v) is 9.97. The molecule has 1 aromatic heterocycles. The van der Waals surface area contributed by atoms with Gasteiger partial charge in [0.1, 0.15) is 5.76 Å². The Labute approximate surface area is 183 Å². The van der Waals surface area contributed by atoms with Gasteiger partial charge in [-0.25, -0.2) is 12.8 Å². The van der Waals surface area contributed by atoms with Crippen LogP contribution in [-0.2, 0) is 22.2 Å². The molecule has 1 amide bonds. The molecular weight excluding hydrogens is 483 g/mol. The van der Waals surface area contributed by atoms with Crippen LogP contribution in [-0.4, -0.2) is 25.4 Å². The van der Waals surface area contributed by atoms with Crippen LogP contribution in [0.1, 0.15) is 53.1 Å². The summed E-state index contributed by atoms with van der Waals surface area (Å²) in [5.41, 5.74) is -2.00. The highest BCUT2D eigenvalue weighted by Crippen LogP contribution is 2.42. The van der Waals surface area contributed by atoms with Gasteiger partial charge in [0, 0.05) is 6.04 Å². The van der Waals surface area contributed by atoms with E-state index in [1.807, 2.05) is 0 Å². The Hall–Kier alpha value is -2.57. The molecule has 0 unspecified atom stereocenters. The zero-order chi connectivity index (χ0) is 24.8. The van der Waals surface area contributed by atoms with E-state index in [2.05, 4.69) is 9.73 Å². The van der Waals surface area contributed by atoms with E-state index in [1.54, 1.807) is 0 Å². The van der Waals surface area contributed by atoms with E-state index in [0.29, 0.717) is 12.1 Å². The summed E-state index contributed by atoms with van der Waals surface area (Å²) in [6, 6.07) is 2.79. The van der Waals surface area contributed by atoms with Gasteiger partial charge in [-0.2, -0.15) is 26.3 Å². The van der Waals surface area contributed by atoms with Crippen LogP contribution in [0.3, 0.4) is 0 Å². The molecule has 1 aromatic carbocycles. The zero-order valence-corrected chi connectivity index (χ0v) is 17.8. The summed E-state index contributed by atoms with van der Waals surface area (Å²) in [7, 11) is -4.81. The number of rotatable bonds is 4. The van der Waals surface area contributed by atoms with Gasteiger partial charge < -0.3 is 9.73 Å². The van der Waals surface area contributed by atoms with E-state index < -0.39 is 73.8 Å². The second kappa shape index (κ2) is 8.33. The molecule has 1 aliphatic carbocycles. The van der Waals surface area contributed by atoms with E-state index >= 15 is 4.39 Å². The summed E-state index contributed by atoms with van der Waals surface area (Å²) in [6.07, 6.45) is -11.6. The quantitative estimate of drug-likeness (QED) is 0.567. The first-order valence-corrected chi connectivity index (χ1v) is 11.1. The fraction of sp³-hybridized carbons (Fsp3) is 0.450. The normalized spacial score (nSPS) is 22.2. The van der Waals surface area contributed by atoms with Crippen LogP contribution in [0.2, 0.25) is 0 Å². The van der Waals surface area contributed by atoms with Crippen LogP contribution in [0.25, 0.3) is 0 Å². The van der Waals surface area contributed by atoms with Crippen molar-refractivity contribution in [2.24, 2.45) is 0 Å². The average Bonchev–Trinajstić information content (AvgIpc) is 3.12. The first kappa shape index (κ1) is 25.1. The van der Waals surface area contributed by atoms with Crippen molar-refractivity contribution in [3.05, 3.63) is 53.0 Å². The van der Waals surface area contributed by atoms with Crippen molar-refractivity contribution in [2.45, 2.75) is 60.9 Å². The van der Waals surface area contributed by atoms with Crippen molar-refractivity contribution in [1.82, 2.24) is 5.32 Å². The van der Waals surface area contributed by atoms with Gasteiger partial charge in [-0.05, 0) is 56.9 Å². The van der Waals surface area contributed by atoms with Crippen molar-refractivity contribution in [2.75, 3.05) is 0 Å². The van der Waals surface area contributed by atoms with Gasteiger partial charge in [-0.1, -0.05) is 6.07 Å². The van der Waals surface area contributed by atoms with E-state index in [-0.39, 0.29) is 18.6 Å². The predicted octanol–water partition coefficient (Wildman–Crippen LogP) is 5.44. The molecule has 2 aromatic rings. The molecule has 3 rings (SSSR count). The van der Waals surface area contributed by atoms with Crippen molar-refractivity contribution in [1.29, 1.82) is 0 Å². The Balaban J connectivity index is 1.73. The van der Waals surface area contributed by atoms with Crippen molar-refractivity contribution in [3.8, 4) is 0 Å². The molecule has 0 aliphatic heterocycles. The predicted molar refractivity (Wildman–Crippen MR) is 101 cm³/mol. The fourth-order valence-corrected chi connectivity index (χ4v) is 5.40. The van der Waals surface area contributed by atoms with Gasteiger partial charge in [0.25, 0.3) is 5.91 Å². The zero-order valence-electron chi connectivity index (χ0n) is 17.0. The summed E-state index contributed by atoms with van der Waals surface area (Å²) in [5.74, 6) is -2.75. The summed E-state index contributed by atoms with van der Waals surface area (Å²) in [6.45, 7) is 1.22. The number of amides is 1. The maximum absolute atomic E-state index is 15.4. The van der Waals surface area contributed by atoms with Crippen LogP contribution < -0.4 is 5.32 Å². The van der Waals surface area contributed by atoms with Gasteiger partial charge in [-0.3, -0.25) is 4.79 Å². The third-order valence-corrected chi connectivity index (χ3v) is 7.62. The molecule has 0 atom stereocenters. The number of benzene rings is 1. The molecule has 5 nitrogen and oxygen atoms in total. The molecule has 1 N–H and O–H groups in total. The standard InChI is InChI=1S/C20H18F7NO4S/c1-11-9-15(16(32-11)20(25,26)27)17(29)28-13-5-7-18(21,8-6-13)33(30,31)14-4-2-3-12(10-14)19(22,23)24/h2-4,9-10,13H,5-8H2,1H3,(H,28,29)/t13-,18+. The molecule has 13 heteroatoms. The van der Waals surface area contributed by atoms with Crippen molar-refractivity contribution >= 4 is 15.7 Å². The summed E-state index contributed by atoms with van der Waals surface area (Å²) in [4.78, 5) is 11.5. The van der Waals surface area contributed by atoms with Crippen LogP contribution >= 0.6 is 0 Å². The fourth-order valence-electron chi connectivity index (χ4n) is 3.67. The molecule has 1 heterocycles. The number of aryl methyl sites for hydroxylation is 1. The first-order chi connectivity index (χ1) is 15.0. The Morgan fingerprint density at radius 1 is 1.06 bits per heavy atom. The van der Waals surface area contributed by atoms with Crippen LogP contribution in [0.5, 0.6) is 0 Å². The largest absolute Gasteiger partial charge is 0.456 e. The van der Waals surface area contributed by atoms with E-state index in [1.165, 1.54) is 6.92 Å². The SMILES string of the molecule is Cc1cc(C(=O)N[C@H]2CC[C@@](F)(S(=O)(=O)c3cccc(C(F)(F)F)c3)CC2)c(C(F)(F)F)o1. The first-order valence-electron chi connectivity index (χ1n) is 9.64. The lowest BCUT2D eigenvalue weighted by molar-refractivity contribution is -0.153. The molecule has 33 heavy (non-hydrogen) atoms. The highest BCUT2D eigenvalue weighted by atomic mass is 32.2. The number of hydrogen-bond acceptors (Lipinski definition) is 4. The molecule has 0 saturated heterocycles. The minimum Gasteiger partial charge on any atom is -0.456 e. The summed E-state index contributed by atoms with van der Waals surface area (Å²) < 4.78 is 123. The molecule has 0 radical (unpaired) electrons. The third-order valence-electron chi connectivity index (χ3n) is 5.38. The van der Waals surface area contributed by atoms with Crippen molar-refractivity contribution in [3.63, 3.8) is 0 Å². The number of sulfone groups is 1. The molecule has 182 valence electrons. The van der Waals surface area contributed by atoms with Gasteiger partial charge >= 0.3 is 12.4 Å². The smallest absolute Gasteiger partial charge is 0.450 e. The second-order valence-electron chi connectivity index (χ2n) is 7.76. The molecular formula is C20H18F7NO4S. The van der Waals surface area contributed by atoms with Crippen molar-refractivity contribution < 1.29 is 48.4 Å². The number of hydrogen-bond donors (Lipinski definition) is 1. The van der Waals surface area contributed by atoms with Gasteiger partial charge in [-0.15, -0.1) is 0 Å². The van der Waals surface area contributed by atoms with Gasteiger partial charge in [0.2, 0.25) is 20.6 Å². The Bertz CT molecular complexity index is 1140. The summed E-state index contributed by atoms with van der Waals surface area (Å²) >= 11 is 0. The topological polar surface area (TPSA) is 76.4 Å². The molecule has 0 bridgehead atoms. The number of furan rings is 1. The third kappa shape index (κ3) is 5.02. The molecule has 0 spiro atoms. The maximum atomic E-state index is 15.4. The number of carbonyl (C=O) groups is 1. The number of alkyl halides is 7. The molecule has 1 aliphatic rings. The molecule has 1 saturated carbocycles. The highest BCUT2D eigenvalue weighted by molar-refractivity contribution is 7.92. The molecule has 1 fully saturated rings. The Kier molecular flexibility index (Phi) is 6.33. The van der Waals surface area contributed by atoms with E-state index in [4.69, 9.17) is 0 Å². The van der Waals surface area contributed by atoms with E-state index in [9.17, 15) is 39.6 Å². The number of halogens is 7. The average molecular weight is 501 g/mol. The number of carbonyl (C=O) groups excluding carboxylic acids is 1. The van der Waals surface area contributed by atoms with Crippen LogP contribution in [0, 0.1) is 6.92 Å². The maximum Gasteiger partial charge on any atom is 0.450 e.